The summed E-state index contributed by atoms with van der Waals surface area (Å²) in [6, 6.07) is 10.6. The number of aliphatic hydroxyl groups is 1. The quantitative estimate of drug-likeness (QED) is 0.755. The molecule has 0 saturated heterocycles. The largest absolute Gasteiger partial charge is 0.394 e. The molecule has 114 valence electrons. The average Bonchev–Trinajstić information content (AvgIpc) is 2.95. The smallest absolute Gasteiger partial charge is 0.268 e. The maximum atomic E-state index is 13.0. The number of nitrogens with zero attached hydrogens (tertiary/aromatic N) is 2. The van der Waals surface area contributed by atoms with Gasteiger partial charge < -0.3 is 10.8 Å². The van der Waals surface area contributed by atoms with Gasteiger partial charge in [0.25, 0.3) is 10.0 Å². The van der Waals surface area contributed by atoms with Crippen LogP contribution < -0.4 is 5.73 Å². The van der Waals surface area contributed by atoms with Gasteiger partial charge in [0.05, 0.1) is 28.8 Å². The second kappa shape index (κ2) is 5.53. The highest BCUT2D eigenvalue weighted by atomic mass is 32.2. The summed E-state index contributed by atoms with van der Waals surface area (Å²) in [6.45, 7) is -0.353. The monoisotopic (exact) mass is 317 g/mol. The zero-order valence-electron chi connectivity index (χ0n) is 11.6. The minimum atomic E-state index is -3.81. The molecule has 0 saturated carbocycles. The lowest BCUT2D eigenvalue weighted by molar-refractivity contribution is 0.265. The number of aliphatic hydroxyl groups excluding tert-OH is 1. The topological polar surface area (TPSA) is 98.2 Å². The Bertz CT molecular complexity index is 904. The second-order valence-corrected chi connectivity index (χ2v) is 6.66. The van der Waals surface area contributed by atoms with Crippen LogP contribution in [-0.4, -0.2) is 29.1 Å². The maximum Gasteiger partial charge on any atom is 0.268 e. The van der Waals surface area contributed by atoms with E-state index in [2.05, 4.69) is 4.98 Å². The first kappa shape index (κ1) is 14.7. The Kier molecular flexibility index (Phi) is 3.69. The van der Waals surface area contributed by atoms with E-state index in [1.165, 1.54) is 22.3 Å². The number of rotatable bonds is 4. The number of pyridine rings is 1. The van der Waals surface area contributed by atoms with Crippen molar-refractivity contribution in [3.8, 4) is 0 Å². The zero-order chi connectivity index (χ0) is 15.7. The van der Waals surface area contributed by atoms with Crippen LogP contribution in [0.3, 0.4) is 0 Å². The van der Waals surface area contributed by atoms with Crippen LogP contribution in [0.2, 0.25) is 0 Å². The number of fused-ring (bicyclic) bond motifs is 1. The molecule has 1 aromatic carbocycles. The van der Waals surface area contributed by atoms with Gasteiger partial charge in [-0.25, -0.2) is 12.4 Å². The molecule has 0 aliphatic rings. The Balaban J connectivity index is 2.34. The summed E-state index contributed by atoms with van der Waals surface area (Å²) in [5.41, 5.74) is 6.69. The summed E-state index contributed by atoms with van der Waals surface area (Å²) in [5, 5.41) is 9.98. The fraction of sp³-hybridized carbons (Fsp3) is 0.133. The molecular weight excluding hydrogens is 302 g/mol. The number of benzene rings is 1. The third-order valence-corrected chi connectivity index (χ3v) is 5.20. The van der Waals surface area contributed by atoms with E-state index >= 15 is 0 Å². The van der Waals surface area contributed by atoms with Crippen LogP contribution in [0.1, 0.15) is 11.7 Å². The van der Waals surface area contributed by atoms with E-state index < -0.39 is 16.1 Å². The Morgan fingerprint density at radius 1 is 1.23 bits per heavy atom. The lowest BCUT2D eigenvalue weighted by Gasteiger charge is -2.15. The fourth-order valence-electron chi connectivity index (χ4n) is 2.37. The van der Waals surface area contributed by atoms with Gasteiger partial charge in [-0.05, 0) is 24.3 Å². The van der Waals surface area contributed by atoms with E-state index in [4.69, 9.17) is 5.73 Å². The van der Waals surface area contributed by atoms with Crippen molar-refractivity contribution < 1.29 is 13.5 Å². The molecule has 1 atom stereocenters. The van der Waals surface area contributed by atoms with Crippen molar-refractivity contribution in [1.82, 2.24) is 8.96 Å². The van der Waals surface area contributed by atoms with Gasteiger partial charge in [0, 0.05) is 17.8 Å². The number of hydrogen-bond acceptors (Lipinski definition) is 5. The zero-order valence-corrected chi connectivity index (χ0v) is 12.4. The van der Waals surface area contributed by atoms with Gasteiger partial charge in [-0.2, -0.15) is 0 Å². The third-order valence-electron chi connectivity index (χ3n) is 3.44. The molecule has 3 aromatic rings. The lowest BCUT2D eigenvalue weighted by atomic mass is 10.2. The third kappa shape index (κ3) is 2.29. The minimum Gasteiger partial charge on any atom is -0.394 e. The second-order valence-electron chi connectivity index (χ2n) is 4.88. The van der Waals surface area contributed by atoms with Gasteiger partial charge in [-0.3, -0.25) is 4.98 Å². The molecular formula is C15H15N3O3S. The lowest BCUT2D eigenvalue weighted by Crippen LogP contribution is -2.23. The van der Waals surface area contributed by atoms with Gasteiger partial charge in [0.2, 0.25) is 0 Å². The van der Waals surface area contributed by atoms with Gasteiger partial charge in [0.15, 0.2) is 0 Å². The normalized spacial score (nSPS) is 13.4. The first-order chi connectivity index (χ1) is 10.6. The molecule has 7 heteroatoms. The summed E-state index contributed by atoms with van der Waals surface area (Å²) in [5.74, 6) is 0. The van der Waals surface area contributed by atoms with Crippen LogP contribution in [0.25, 0.3) is 10.9 Å². The van der Waals surface area contributed by atoms with Crippen molar-refractivity contribution in [2.24, 2.45) is 5.73 Å². The molecule has 0 unspecified atom stereocenters. The molecule has 0 radical (unpaired) electrons. The number of aromatic nitrogens is 2. The molecule has 2 aromatic heterocycles. The van der Waals surface area contributed by atoms with E-state index in [1.54, 1.807) is 36.5 Å². The van der Waals surface area contributed by atoms with Crippen LogP contribution in [0, 0.1) is 0 Å². The highest BCUT2D eigenvalue weighted by molar-refractivity contribution is 7.90. The molecule has 22 heavy (non-hydrogen) atoms. The van der Waals surface area contributed by atoms with Crippen LogP contribution in [-0.2, 0) is 10.0 Å². The van der Waals surface area contributed by atoms with Crippen LogP contribution in [0.4, 0.5) is 0 Å². The Morgan fingerprint density at radius 2 is 1.95 bits per heavy atom. The van der Waals surface area contributed by atoms with Crippen LogP contribution in [0.5, 0.6) is 0 Å². The molecule has 0 amide bonds. The van der Waals surface area contributed by atoms with Gasteiger partial charge in [0.1, 0.15) is 0 Å². The van der Waals surface area contributed by atoms with Crippen molar-refractivity contribution in [3.63, 3.8) is 0 Å². The van der Waals surface area contributed by atoms with Gasteiger partial charge in [-0.1, -0.05) is 18.2 Å². The van der Waals surface area contributed by atoms with E-state index in [0.717, 1.165) is 0 Å². The first-order valence-electron chi connectivity index (χ1n) is 6.68. The van der Waals surface area contributed by atoms with Crippen molar-refractivity contribution in [2.75, 3.05) is 6.61 Å². The standard InChI is InChI=1S/C15H15N3O3S/c16-13(10-19)15-8-11-9-17-7-6-14(11)18(15)22(20,21)12-4-2-1-3-5-12/h1-9,13,19H,10,16H2/t13-/m1/s1. The summed E-state index contributed by atoms with van der Waals surface area (Å²) in [4.78, 5) is 4.16. The number of hydrogen-bond donors (Lipinski definition) is 2. The van der Waals surface area contributed by atoms with E-state index in [1.807, 2.05) is 0 Å². The summed E-state index contributed by atoms with van der Waals surface area (Å²) in [6.07, 6.45) is 3.09. The Morgan fingerprint density at radius 3 is 2.64 bits per heavy atom. The molecule has 0 aliphatic heterocycles. The van der Waals surface area contributed by atoms with Crippen molar-refractivity contribution in [1.29, 1.82) is 0 Å². The molecule has 3 N–H and O–H groups in total. The van der Waals surface area contributed by atoms with E-state index in [9.17, 15) is 13.5 Å². The minimum absolute atomic E-state index is 0.163. The van der Waals surface area contributed by atoms with E-state index in [0.29, 0.717) is 16.6 Å². The number of nitrogens with two attached hydrogens (primary N) is 1. The SMILES string of the molecule is N[C@H](CO)c1cc2cnccc2n1S(=O)(=O)c1ccccc1. The van der Waals surface area contributed by atoms with Gasteiger partial charge >= 0.3 is 0 Å². The summed E-state index contributed by atoms with van der Waals surface area (Å²) in [7, 11) is -3.81. The maximum absolute atomic E-state index is 13.0. The molecule has 0 bridgehead atoms. The molecule has 3 rings (SSSR count). The van der Waals surface area contributed by atoms with Crippen LogP contribution in [0.15, 0.2) is 59.8 Å². The predicted octanol–water partition coefficient (Wildman–Crippen LogP) is 1.27. The van der Waals surface area contributed by atoms with Crippen LogP contribution >= 0.6 is 0 Å². The molecule has 6 nitrogen and oxygen atoms in total. The van der Waals surface area contributed by atoms with E-state index in [-0.39, 0.29) is 11.5 Å². The van der Waals surface area contributed by atoms with Gasteiger partial charge in [-0.15, -0.1) is 0 Å². The highest BCUT2D eigenvalue weighted by Crippen LogP contribution is 2.27. The summed E-state index contributed by atoms with van der Waals surface area (Å²) < 4.78 is 27.1. The summed E-state index contributed by atoms with van der Waals surface area (Å²) >= 11 is 0. The molecule has 2 heterocycles. The van der Waals surface area contributed by atoms with Crippen molar-refractivity contribution in [2.45, 2.75) is 10.9 Å². The fourth-order valence-corrected chi connectivity index (χ4v) is 3.97. The van der Waals surface area contributed by atoms with Crippen molar-refractivity contribution in [3.05, 3.63) is 60.6 Å². The Hall–Kier alpha value is -2.22. The first-order valence-corrected chi connectivity index (χ1v) is 8.12. The average molecular weight is 317 g/mol. The molecule has 0 aliphatic carbocycles. The highest BCUT2D eigenvalue weighted by Gasteiger charge is 2.25. The Labute approximate surface area is 127 Å². The molecule has 0 fully saturated rings. The predicted molar refractivity (Wildman–Crippen MR) is 82.8 cm³/mol. The molecule has 0 spiro atoms. The van der Waals surface area contributed by atoms with Crippen molar-refractivity contribution >= 4 is 20.9 Å².